The van der Waals surface area contributed by atoms with Gasteiger partial charge in [-0.2, -0.15) is 4.98 Å². The fourth-order valence-corrected chi connectivity index (χ4v) is 4.78. The summed E-state index contributed by atoms with van der Waals surface area (Å²) in [4.78, 5) is 23.0. The molecule has 0 aliphatic heterocycles. The zero-order valence-electron chi connectivity index (χ0n) is 17.8. The molecule has 1 atom stereocenters. The number of anilines is 1. The number of carbonyl (C=O) groups is 1. The molecule has 2 aromatic heterocycles. The zero-order valence-corrected chi connectivity index (χ0v) is 19.5. The van der Waals surface area contributed by atoms with Crippen molar-refractivity contribution in [2.75, 3.05) is 25.2 Å². The van der Waals surface area contributed by atoms with Crippen LogP contribution in [0.5, 0.6) is 5.88 Å². The molecule has 0 saturated heterocycles. The van der Waals surface area contributed by atoms with Gasteiger partial charge < -0.3 is 14.8 Å². The van der Waals surface area contributed by atoms with Crippen molar-refractivity contribution in [2.45, 2.75) is 26.5 Å². The second kappa shape index (κ2) is 9.16. The number of hydrogen-bond acceptors (Lipinski definition) is 8. The Bertz CT molecular complexity index is 1220. The van der Waals surface area contributed by atoms with Crippen molar-refractivity contribution in [3.63, 3.8) is 0 Å². The zero-order chi connectivity index (χ0) is 22.8. The molecule has 11 heteroatoms. The van der Waals surface area contributed by atoms with Crippen molar-refractivity contribution < 1.29 is 22.7 Å². The van der Waals surface area contributed by atoms with Crippen LogP contribution in [0.15, 0.2) is 24.3 Å². The van der Waals surface area contributed by atoms with Crippen LogP contribution in [0.1, 0.15) is 39.6 Å². The monoisotopic (exact) mass is 464 g/mol. The van der Waals surface area contributed by atoms with Crippen LogP contribution in [0, 0.1) is 6.92 Å². The molecule has 1 amide bonds. The summed E-state index contributed by atoms with van der Waals surface area (Å²) in [7, 11) is -0.311. The number of methoxy groups -OCH3 is 2. The van der Waals surface area contributed by atoms with Crippen molar-refractivity contribution in [3.05, 3.63) is 46.1 Å². The minimum Gasteiger partial charge on any atom is -0.480 e. The Hall–Kier alpha value is -2.76. The molecule has 0 aliphatic carbocycles. The first kappa shape index (κ1) is 22.9. The van der Waals surface area contributed by atoms with Gasteiger partial charge in [0.2, 0.25) is 15.9 Å². The fraction of sp³-hybridized carbons (Fsp3) is 0.350. The first-order chi connectivity index (χ1) is 14.6. The van der Waals surface area contributed by atoms with E-state index in [1.54, 1.807) is 25.3 Å². The van der Waals surface area contributed by atoms with Gasteiger partial charge in [-0.25, -0.2) is 13.4 Å². The van der Waals surface area contributed by atoms with Crippen LogP contribution in [0.3, 0.4) is 0 Å². The maximum atomic E-state index is 13.0. The van der Waals surface area contributed by atoms with E-state index in [9.17, 15) is 13.2 Å². The summed E-state index contributed by atoms with van der Waals surface area (Å²) in [6.07, 6.45) is 1.09. The number of nitrogens with one attached hydrogen (secondary N) is 2. The molecule has 2 N–H and O–H groups in total. The van der Waals surface area contributed by atoms with Crippen molar-refractivity contribution >= 4 is 43.2 Å². The number of amides is 1. The highest BCUT2D eigenvalue weighted by atomic mass is 32.2. The van der Waals surface area contributed by atoms with Crippen LogP contribution in [-0.4, -0.2) is 44.8 Å². The predicted octanol–water partition coefficient (Wildman–Crippen LogP) is 3.02. The lowest BCUT2D eigenvalue weighted by molar-refractivity contribution is 0.0943. The number of benzene rings is 1. The maximum Gasteiger partial charge on any atom is 0.262 e. The van der Waals surface area contributed by atoms with E-state index in [-0.39, 0.29) is 18.6 Å². The highest BCUT2D eigenvalue weighted by Gasteiger charge is 2.22. The molecule has 0 fully saturated rings. The molecule has 3 rings (SSSR count). The molecule has 0 radical (unpaired) electrons. The summed E-state index contributed by atoms with van der Waals surface area (Å²) in [6.45, 7) is 3.90. The Morgan fingerprint density at radius 1 is 1.26 bits per heavy atom. The van der Waals surface area contributed by atoms with E-state index in [1.165, 1.54) is 18.4 Å². The Balaban J connectivity index is 1.88. The molecular formula is C20H24N4O5S2. The molecule has 1 aromatic carbocycles. The Labute approximate surface area is 184 Å². The molecule has 0 aliphatic rings. The van der Waals surface area contributed by atoms with E-state index in [4.69, 9.17) is 9.47 Å². The lowest BCUT2D eigenvalue weighted by Gasteiger charge is -2.15. The number of rotatable bonds is 8. The second-order valence-electron chi connectivity index (χ2n) is 7.01. The summed E-state index contributed by atoms with van der Waals surface area (Å²) in [5.41, 5.74) is 1.93. The van der Waals surface area contributed by atoms with Gasteiger partial charge in [0.15, 0.2) is 5.82 Å². The van der Waals surface area contributed by atoms with Crippen molar-refractivity contribution in [1.29, 1.82) is 0 Å². The molecule has 0 saturated carbocycles. The summed E-state index contributed by atoms with van der Waals surface area (Å²) < 4.78 is 35.9. The minimum atomic E-state index is -3.39. The fourth-order valence-electron chi connectivity index (χ4n) is 3.13. The lowest BCUT2D eigenvalue weighted by Crippen LogP contribution is -2.26. The van der Waals surface area contributed by atoms with Crippen molar-refractivity contribution in [1.82, 2.24) is 15.3 Å². The normalized spacial score (nSPS) is 12.5. The minimum absolute atomic E-state index is 0.236. The number of aryl methyl sites for hydroxylation is 1. The quantitative estimate of drug-likeness (QED) is 0.526. The molecule has 0 spiro atoms. The van der Waals surface area contributed by atoms with Crippen molar-refractivity contribution in [3.8, 4) is 5.88 Å². The first-order valence-electron chi connectivity index (χ1n) is 9.34. The van der Waals surface area contributed by atoms with Gasteiger partial charge in [-0.05, 0) is 37.1 Å². The molecule has 0 bridgehead atoms. The molecule has 9 nitrogen and oxygen atoms in total. The average Bonchev–Trinajstić information content (AvgIpc) is 3.03. The van der Waals surface area contributed by atoms with E-state index >= 15 is 0 Å². The van der Waals surface area contributed by atoms with Gasteiger partial charge in [-0.1, -0.05) is 12.1 Å². The summed E-state index contributed by atoms with van der Waals surface area (Å²) in [6, 6.07) is 6.54. The van der Waals surface area contributed by atoms with Gasteiger partial charge in [0.1, 0.15) is 11.4 Å². The second-order valence-corrected chi connectivity index (χ2v) is 9.76. The van der Waals surface area contributed by atoms with E-state index in [0.717, 1.165) is 17.4 Å². The Morgan fingerprint density at radius 3 is 2.65 bits per heavy atom. The molecule has 2 heterocycles. The third kappa shape index (κ3) is 5.30. The first-order valence-corrected chi connectivity index (χ1v) is 12.0. The van der Waals surface area contributed by atoms with E-state index in [2.05, 4.69) is 20.0 Å². The number of hydrogen-bond donors (Lipinski definition) is 2. The third-order valence-electron chi connectivity index (χ3n) is 4.51. The summed E-state index contributed by atoms with van der Waals surface area (Å²) in [5, 5.41) is 3.66. The van der Waals surface area contributed by atoms with Gasteiger partial charge in [0, 0.05) is 12.8 Å². The number of carbonyl (C=O) groups excluding carboxylic acids is 1. The smallest absolute Gasteiger partial charge is 0.262 e. The van der Waals surface area contributed by atoms with Crippen LogP contribution in [0.4, 0.5) is 5.69 Å². The van der Waals surface area contributed by atoms with Gasteiger partial charge in [-0.3, -0.25) is 9.52 Å². The van der Waals surface area contributed by atoms with Gasteiger partial charge in [0.05, 0.1) is 29.7 Å². The topological polar surface area (TPSA) is 120 Å². The molecular weight excluding hydrogens is 440 g/mol. The van der Waals surface area contributed by atoms with Crippen LogP contribution in [0.25, 0.3) is 10.2 Å². The van der Waals surface area contributed by atoms with Gasteiger partial charge >= 0.3 is 0 Å². The van der Waals surface area contributed by atoms with E-state index in [0.29, 0.717) is 32.5 Å². The number of thiophene rings is 1. The number of nitrogens with zero attached hydrogens (tertiary/aromatic N) is 2. The van der Waals surface area contributed by atoms with Crippen LogP contribution < -0.4 is 14.8 Å². The number of aromatic nitrogens is 2. The Morgan fingerprint density at radius 2 is 2.00 bits per heavy atom. The molecule has 1 unspecified atom stereocenters. The van der Waals surface area contributed by atoms with Crippen LogP contribution in [0.2, 0.25) is 0 Å². The third-order valence-corrected chi connectivity index (χ3v) is 6.30. The predicted molar refractivity (Wildman–Crippen MR) is 120 cm³/mol. The number of sulfonamides is 1. The number of ether oxygens (including phenoxy) is 2. The number of fused-ring (bicyclic) bond motifs is 1. The summed E-state index contributed by atoms with van der Waals surface area (Å²) >= 11 is 1.26. The van der Waals surface area contributed by atoms with Gasteiger partial charge in [-0.15, -0.1) is 11.3 Å². The van der Waals surface area contributed by atoms with Gasteiger partial charge in [0.25, 0.3) is 5.91 Å². The lowest BCUT2D eigenvalue weighted by atomic mass is 10.1. The standard InChI is InChI=1S/C20H24N4O5S2/c1-11-16-19(29-4)22-15(10-28-3)23-20(16)30-17(11)18(25)21-12(2)13-7-6-8-14(9-13)24-31(5,26)27/h6-9,12,24H,10H2,1-5H3,(H,21,25). The largest absolute Gasteiger partial charge is 0.480 e. The van der Waals surface area contributed by atoms with Crippen LogP contribution in [-0.2, 0) is 21.4 Å². The highest BCUT2D eigenvalue weighted by molar-refractivity contribution is 7.92. The summed E-state index contributed by atoms with van der Waals surface area (Å²) in [5.74, 6) is 0.617. The van der Waals surface area contributed by atoms with Crippen molar-refractivity contribution in [2.24, 2.45) is 0 Å². The molecule has 166 valence electrons. The van der Waals surface area contributed by atoms with E-state index in [1.807, 2.05) is 19.9 Å². The molecule has 31 heavy (non-hydrogen) atoms. The Kier molecular flexibility index (Phi) is 6.77. The maximum absolute atomic E-state index is 13.0. The average molecular weight is 465 g/mol. The van der Waals surface area contributed by atoms with E-state index < -0.39 is 10.0 Å². The SMILES string of the molecule is COCc1nc(OC)c2c(C)c(C(=O)NC(C)c3cccc(NS(C)(=O)=O)c3)sc2n1. The van der Waals surface area contributed by atoms with Crippen LogP contribution >= 0.6 is 11.3 Å². The molecule has 3 aromatic rings. The highest BCUT2D eigenvalue weighted by Crippen LogP contribution is 2.35.